The molecule has 1 aromatic carbocycles. The molecule has 3 aliphatic rings. The van der Waals surface area contributed by atoms with Crippen LogP contribution in [0.2, 0.25) is 0 Å². The van der Waals surface area contributed by atoms with Crippen LogP contribution in [0, 0.1) is 5.41 Å². The van der Waals surface area contributed by atoms with Gasteiger partial charge in [0.05, 0.1) is 5.92 Å². The Balaban J connectivity index is 1.45. The molecule has 0 unspecified atom stereocenters. The number of carbonyl (C=O) groups is 2. The molecular weight excluding hydrogens is 352 g/mol. The molecule has 28 heavy (non-hydrogen) atoms. The maximum absolute atomic E-state index is 13.2. The molecule has 1 atom stereocenters. The molecule has 2 amide bonds. The fraction of sp³-hybridized carbons (Fsp3) is 0.652. The predicted octanol–water partition coefficient (Wildman–Crippen LogP) is 3.20. The summed E-state index contributed by atoms with van der Waals surface area (Å²) in [6, 6.07) is 10.7. The average molecular weight is 385 g/mol. The van der Waals surface area contributed by atoms with Crippen LogP contribution in [-0.4, -0.2) is 60.5 Å². The molecule has 2 aliphatic heterocycles. The molecule has 3 fully saturated rings. The van der Waals surface area contributed by atoms with Crippen LogP contribution in [0.25, 0.3) is 0 Å². The van der Waals surface area contributed by atoms with Gasteiger partial charge in [0.25, 0.3) is 0 Å². The second-order valence-electron chi connectivity index (χ2n) is 8.80. The van der Waals surface area contributed by atoms with E-state index in [1.54, 1.807) is 0 Å². The van der Waals surface area contributed by atoms with E-state index in [-0.39, 0.29) is 23.8 Å². The summed E-state index contributed by atoms with van der Waals surface area (Å²) in [5, 5.41) is 0. The molecule has 4 rings (SSSR count). The summed E-state index contributed by atoms with van der Waals surface area (Å²) in [6.45, 7) is 5.31. The number of nitrogens with zero attached hydrogens (tertiary/aromatic N) is 2. The zero-order chi connectivity index (χ0) is 19.6. The molecule has 1 spiro atoms. The van der Waals surface area contributed by atoms with Crippen LogP contribution in [0.5, 0.6) is 0 Å². The highest BCUT2D eigenvalue weighted by molar-refractivity contribution is 5.85. The summed E-state index contributed by atoms with van der Waals surface area (Å²) in [4.78, 5) is 29.7. The van der Waals surface area contributed by atoms with Crippen molar-refractivity contribution in [2.45, 2.75) is 57.4 Å². The lowest BCUT2D eigenvalue weighted by atomic mass is 9.67. The Morgan fingerprint density at radius 2 is 1.89 bits per heavy atom. The number of likely N-dealkylation sites (tertiary alicyclic amines) is 2. The average Bonchev–Trinajstić information content (AvgIpc) is 3.56. The van der Waals surface area contributed by atoms with Gasteiger partial charge in [0, 0.05) is 32.3 Å². The van der Waals surface area contributed by atoms with E-state index in [2.05, 4.69) is 17.0 Å². The van der Waals surface area contributed by atoms with Gasteiger partial charge in [-0.3, -0.25) is 9.59 Å². The molecule has 0 radical (unpaired) electrons. The van der Waals surface area contributed by atoms with E-state index < -0.39 is 0 Å². The lowest BCUT2D eigenvalue weighted by Gasteiger charge is -2.50. The number of hydrogen-bond acceptors (Lipinski definition) is 3. The van der Waals surface area contributed by atoms with E-state index in [1.165, 1.54) is 0 Å². The van der Waals surface area contributed by atoms with Gasteiger partial charge in [0.2, 0.25) is 11.8 Å². The van der Waals surface area contributed by atoms with Crippen molar-refractivity contribution in [3.05, 3.63) is 35.9 Å². The Labute approximate surface area is 168 Å². The molecule has 5 heteroatoms. The van der Waals surface area contributed by atoms with Crippen molar-refractivity contribution in [1.29, 1.82) is 0 Å². The molecule has 2 heterocycles. The van der Waals surface area contributed by atoms with E-state index in [1.807, 2.05) is 30.0 Å². The van der Waals surface area contributed by atoms with Crippen molar-refractivity contribution >= 4 is 11.8 Å². The summed E-state index contributed by atoms with van der Waals surface area (Å²) < 4.78 is 5.44. The van der Waals surface area contributed by atoms with E-state index in [4.69, 9.17) is 4.74 Å². The van der Waals surface area contributed by atoms with Crippen LogP contribution in [0.1, 0.15) is 56.9 Å². The third-order valence-electron chi connectivity index (χ3n) is 6.66. The normalized spacial score (nSPS) is 24.6. The van der Waals surface area contributed by atoms with E-state index in [0.29, 0.717) is 18.6 Å². The lowest BCUT2D eigenvalue weighted by Crippen LogP contribution is -2.55. The molecule has 1 aliphatic carbocycles. The van der Waals surface area contributed by atoms with Gasteiger partial charge in [0.15, 0.2) is 0 Å². The molecule has 152 valence electrons. The summed E-state index contributed by atoms with van der Waals surface area (Å²) in [5.41, 5.74) is 1.28. The molecule has 0 aromatic heterocycles. The number of ether oxygens (including phenoxy) is 1. The van der Waals surface area contributed by atoms with E-state index in [0.717, 1.165) is 63.7 Å². The molecule has 1 saturated carbocycles. The maximum Gasteiger partial charge on any atom is 0.248 e. The third kappa shape index (κ3) is 4.09. The Morgan fingerprint density at radius 3 is 2.54 bits per heavy atom. The summed E-state index contributed by atoms with van der Waals surface area (Å²) in [5.74, 6) is 0.380. The Bertz CT molecular complexity index is 693. The first kappa shape index (κ1) is 19.4. The van der Waals surface area contributed by atoms with Crippen LogP contribution in [0.3, 0.4) is 0 Å². The van der Waals surface area contributed by atoms with Gasteiger partial charge in [-0.05, 0) is 49.5 Å². The summed E-state index contributed by atoms with van der Waals surface area (Å²) in [6.07, 6.45) is 6.08. The second kappa shape index (κ2) is 8.24. The minimum Gasteiger partial charge on any atom is -0.372 e. The quantitative estimate of drug-likeness (QED) is 0.708. The van der Waals surface area contributed by atoms with Crippen LogP contribution < -0.4 is 0 Å². The molecule has 5 nitrogen and oxygen atoms in total. The number of carbonyl (C=O) groups excluding carboxylic acids is 2. The maximum atomic E-state index is 13.2. The number of hydrogen-bond donors (Lipinski definition) is 0. The summed E-state index contributed by atoms with van der Waals surface area (Å²) >= 11 is 0. The topological polar surface area (TPSA) is 49.9 Å². The fourth-order valence-electron chi connectivity index (χ4n) is 4.85. The molecular formula is C23H32N2O3. The van der Waals surface area contributed by atoms with Gasteiger partial charge in [-0.2, -0.15) is 0 Å². The number of amides is 2. The van der Waals surface area contributed by atoms with Crippen LogP contribution >= 0.6 is 0 Å². The highest BCUT2D eigenvalue weighted by Crippen LogP contribution is 2.48. The number of piperidine rings is 2. The fourth-order valence-corrected chi connectivity index (χ4v) is 4.85. The zero-order valence-corrected chi connectivity index (χ0v) is 16.9. The van der Waals surface area contributed by atoms with Gasteiger partial charge in [-0.15, -0.1) is 0 Å². The zero-order valence-electron chi connectivity index (χ0n) is 16.9. The van der Waals surface area contributed by atoms with Crippen LogP contribution in [0.15, 0.2) is 30.3 Å². The smallest absolute Gasteiger partial charge is 0.248 e. The SMILES string of the molecule is CCCOCC(=O)N1CCC2(CC1)C[C@H](c1ccccc1)C(=O)N(C1CC1)C2. The first-order valence-corrected chi connectivity index (χ1v) is 10.8. The van der Waals surface area contributed by atoms with E-state index in [9.17, 15) is 9.59 Å². The highest BCUT2D eigenvalue weighted by Gasteiger charge is 2.49. The Hall–Kier alpha value is -1.88. The number of rotatable bonds is 6. The molecule has 0 bridgehead atoms. The minimum atomic E-state index is -0.0364. The number of benzene rings is 1. The first-order valence-electron chi connectivity index (χ1n) is 10.8. The predicted molar refractivity (Wildman–Crippen MR) is 108 cm³/mol. The van der Waals surface area contributed by atoms with Crippen molar-refractivity contribution in [1.82, 2.24) is 9.80 Å². The third-order valence-corrected chi connectivity index (χ3v) is 6.66. The summed E-state index contributed by atoms with van der Waals surface area (Å²) in [7, 11) is 0. The van der Waals surface area contributed by atoms with Gasteiger partial charge in [-0.25, -0.2) is 0 Å². The van der Waals surface area contributed by atoms with Crippen molar-refractivity contribution < 1.29 is 14.3 Å². The Kier molecular flexibility index (Phi) is 5.72. The largest absolute Gasteiger partial charge is 0.372 e. The standard InChI is InChI=1S/C23H32N2O3/c1-2-14-28-16-21(26)24-12-10-23(11-13-24)15-20(18-6-4-3-5-7-18)22(27)25(17-23)19-8-9-19/h3-7,19-20H,2,8-17H2,1H3/t20-/m1/s1. The Morgan fingerprint density at radius 1 is 1.18 bits per heavy atom. The van der Waals surface area contributed by atoms with Crippen LogP contribution in [-0.2, 0) is 14.3 Å². The lowest BCUT2D eigenvalue weighted by molar-refractivity contribution is -0.146. The van der Waals surface area contributed by atoms with Crippen molar-refractivity contribution in [3.63, 3.8) is 0 Å². The molecule has 1 aromatic rings. The van der Waals surface area contributed by atoms with Crippen molar-refractivity contribution in [3.8, 4) is 0 Å². The van der Waals surface area contributed by atoms with Crippen molar-refractivity contribution in [2.24, 2.45) is 5.41 Å². The van der Waals surface area contributed by atoms with Gasteiger partial charge >= 0.3 is 0 Å². The minimum absolute atomic E-state index is 0.0364. The molecule has 2 saturated heterocycles. The van der Waals surface area contributed by atoms with Crippen LogP contribution in [0.4, 0.5) is 0 Å². The van der Waals surface area contributed by atoms with Gasteiger partial charge in [-0.1, -0.05) is 37.3 Å². The molecule has 0 N–H and O–H groups in total. The second-order valence-corrected chi connectivity index (χ2v) is 8.80. The van der Waals surface area contributed by atoms with Gasteiger partial charge in [0.1, 0.15) is 6.61 Å². The highest BCUT2D eigenvalue weighted by atomic mass is 16.5. The van der Waals surface area contributed by atoms with Crippen molar-refractivity contribution in [2.75, 3.05) is 32.8 Å². The van der Waals surface area contributed by atoms with Gasteiger partial charge < -0.3 is 14.5 Å². The van der Waals surface area contributed by atoms with E-state index >= 15 is 0 Å². The monoisotopic (exact) mass is 384 g/mol. The first-order chi connectivity index (χ1) is 13.6.